The average Bonchev–Trinajstić information content (AvgIpc) is 2.97. The number of phenols is 1. The van der Waals surface area contributed by atoms with Crippen LogP contribution in [0.1, 0.15) is 54.9 Å². The molecule has 0 aliphatic heterocycles. The van der Waals surface area contributed by atoms with Gasteiger partial charge in [-0.05, 0) is 81.6 Å². The van der Waals surface area contributed by atoms with E-state index in [1.54, 1.807) is 24.1 Å². The number of carbonyl (C=O) groups excluding carboxylic acids is 2. The molecule has 13 heteroatoms. The van der Waals surface area contributed by atoms with Crippen molar-refractivity contribution in [3.05, 3.63) is 64.7 Å². The van der Waals surface area contributed by atoms with Gasteiger partial charge in [-0.25, -0.2) is 0 Å². The van der Waals surface area contributed by atoms with Crippen molar-refractivity contribution in [2.75, 3.05) is 25.6 Å². The Balaban J connectivity index is 2.38. The second-order valence-electron chi connectivity index (χ2n) is 11.7. The summed E-state index contributed by atoms with van der Waals surface area (Å²) in [5.41, 5.74) is 8.89. The number of carboxylic acid groups (broad SMARTS) is 1. The predicted octanol–water partition coefficient (Wildman–Crippen LogP) is 1.96. The monoisotopic (exact) mass is 658 g/mol. The van der Waals surface area contributed by atoms with Crippen LogP contribution in [0, 0.1) is 19.3 Å². The number of carbonyl (C=O) groups is 3. The van der Waals surface area contributed by atoms with Crippen LogP contribution in [0.3, 0.4) is 0 Å². The first kappa shape index (κ1) is 38.5. The standard InChI is InChI=1S/C33H50N6O6S/c1-21-17-25(40)18-22(2)26(21)20-28(36-23(3)35)32(42)37-27(14-16-46(5)45)31(41)38-30(19-24-11-7-6-8-12-24)39(4)29(33(43)44)13-9-10-15-34/h6-8,11-12,17-18,27-30,40H,9-10,13-16,19-20,34H2,1-5H3,(H2,35,36)(H,37,42)(H,38,41)(H,43,44)/t27-,28+,29+,30-,46?/m1/s1. The van der Waals surface area contributed by atoms with E-state index in [9.17, 15) is 29.1 Å². The summed E-state index contributed by atoms with van der Waals surface area (Å²) in [5, 5.41) is 36.7. The molecule has 0 aliphatic rings. The Morgan fingerprint density at radius 3 is 2.13 bits per heavy atom. The lowest BCUT2D eigenvalue weighted by Crippen LogP contribution is -2.59. The van der Waals surface area contributed by atoms with Crippen LogP contribution in [0.2, 0.25) is 0 Å². The molecule has 12 nitrogen and oxygen atoms in total. The Morgan fingerprint density at radius 1 is 0.978 bits per heavy atom. The first-order valence-corrected chi connectivity index (χ1v) is 17.2. The summed E-state index contributed by atoms with van der Waals surface area (Å²) in [4.78, 5) is 41.5. The number of hydrogen-bond acceptors (Lipinski definition) is 8. The zero-order valence-corrected chi connectivity index (χ0v) is 28.3. The number of benzene rings is 2. The van der Waals surface area contributed by atoms with Gasteiger partial charge in [0.2, 0.25) is 11.8 Å². The highest BCUT2D eigenvalue weighted by atomic mass is 32.2. The summed E-state index contributed by atoms with van der Waals surface area (Å²) >= 11 is -1.25. The van der Waals surface area contributed by atoms with E-state index in [4.69, 9.17) is 11.1 Å². The number of aromatic hydroxyl groups is 1. The molecule has 0 spiro atoms. The molecule has 0 saturated heterocycles. The van der Waals surface area contributed by atoms with Gasteiger partial charge in [0.15, 0.2) is 0 Å². The number of aryl methyl sites for hydroxylation is 2. The number of likely N-dealkylation sites (N-methyl/N-ethyl adjacent to an activating group) is 1. The lowest BCUT2D eigenvalue weighted by molar-refractivity contribution is -0.145. The number of rotatable bonds is 19. The van der Waals surface area contributed by atoms with Crippen molar-refractivity contribution in [1.82, 2.24) is 20.9 Å². The van der Waals surface area contributed by atoms with Gasteiger partial charge in [0.1, 0.15) is 29.6 Å². The van der Waals surface area contributed by atoms with Gasteiger partial charge in [-0.2, -0.15) is 0 Å². The highest BCUT2D eigenvalue weighted by Gasteiger charge is 2.33. The van der Waals surface area contributed by atoms with Crippen LogP contribution in [0.25, 0.3) is 0 Å². The fourth-order valence-electron chi connectivity index (χ4n) is 5.39. The van der Waals surface area contributed by atoms with Gasteiger partial charge < -0.3 is 36.4 Å². The van der Waals surface area contributed by atoms with Gasteiger partial charge in [-0.15, -0.1) is 0 Å². The summed E-state index contributed by atoms with van der Waals surface area (Å²) < 4.78 is 12.1. The zero-order valence-electron chi connectivity index (χ0n) is 27.5. The number of nitrogens with zero attached hydrogens (tertiary/aromatic N) is 1. The first-order valence-electron chi connectivity index (χ1n) is 15.4. The average molecular weight is 659 g/mol. The Labute approximate surface area is 275 Å². The smallest absolute Gasteiger partial charge is 0.320 e. The fourth-order valence-corrected chi connectivity index (χ4v) is 5.96. The topological polar surface area (TPSA) is 204 Å². The minimum Gasteiger partial charge on any atom is -0.617 e. The van der Waals surface area contributed by atoms with E-state index >= 15 is 0 Å². The molecule has 1 unspecified atom stereocenters. The summed E-state index contributed by atoms with van der Waals surface area (Å²) in [6.07, 6.45) is 2.97. The van der Waals surface area contributed by atoms with E-state index in [-0.39, 0.29) is 30.2 Å². The van der Waals surface area contributed by atoms with Crippen LogP contribution in [-0.2, 0) is 38.4 Å². The van der Waals surface area contributed by atoms with Crippen molar-refractivity contribution < 1.29 is 29.1 Å². The zero-order chi connectivity index (χ0) is 34.4. The second-order valence-corrected chi connectivity index (χ2v) is 13.3. The molecule has 0 aromatic heterocycles. The maximum Gasteiger partial charge on any atom is 0.320 e. The third-order valence-corrected chi connectivity index (χ3v) is 8.71. The number of unbranched alkanes of at least 4 members (excludes halogenated alkanes) is 1. The molecule has 8 N–H and O–H groups in total. The second kappa shape index (κ2) is 19.1. The normalized spacial score (nSPS) is 14.5. The van der Waals surface area contributed by atoms with Gasteiger partial charge in [-0.1, -0.05) is 47.9 Å². The van der Waals surface area contributed by atoms with Crippen molar-refractivity contribution in [3.8, 4) is 5.75 Å². The van der Waals surface area contributed by atoms with Gasteiger partial charge >= 0.3 is 5.97 Å². The van der Waals surface area contributed by atoms with Crippen LogP contribution in [-0.4, -0.2) is 93.2 Å². The lowest BCUT2D eigenvalue weighted by atomic mass is 9.95. The van der Waals surface area contributed by atoms with E-state index in [1.165, 1.54) is 13.2 Å². The highest BCUT2D eigenvalue weighted by Crippen LogP contribution is 2.22. The maximum atomic E-state index is 13.9. The van der Waals surface area contributed by atoms with Crippen LogP contribution in [0.4, 0.5) is 0 Å². The molecule has 5 atom stereocenters. The molecule has 2 rings (SSSR count). The number of aliphatic carboxylic acids is 1. The van der Waals surface area contributed by atoms with E-state index in [1.807, 2.05) is 44.2 Å². The number of carboxylic acids is 1. The van der Waals surface area contributed by atoms with E-state index in [0.717, 1.165) is 22.3 Å². The van der Waals surface area contributed by atoms with Crippen molar-refractivity contribution in [3.63, 3.8) is 0 Å². The molecular formula is C33H50N6O6S. The number of nitrogens with one attached hydrogen (secondary N) is 4. The highest BCUT2D eigenvalue weighted by molar-refractivity contribution is 7.90. The molecule has 2 aromatic rings. The van der Waals surface area contributed by atoms with Crippen LogP contribution >= 0.6 is 0 Å². The van der Waals surface area contributed by atoms with Crippen LogP contribution < -0.4 is 21.7 Å². The molecular weight excluding hydrogens is 608 g/mol. The third-order valence-electron chi connectivity index (χ3n) is 7.90. The number of phenolic OH excluding ortho intramolecular Hbond substituents is 1. The molecule has 2 amide bonds. The fraction of sp³-hybridized carbons (Fsp3) is 0.515. The molecule has 0 heterocycles. The van der Waals surface area contributed by atoms with E-state index in [2.05, 4.69) is 16.0 Å². The van der Waals surface area contributed by atoms with Crippen LogP contribution in [0.15, 0.2) is 42.5 Å². The van der Waals surface area contributed by atoms with E-state index < -0.39 is 53.3 Å². The molecule has 0 saturated carbocycles. The molecule has 0 fully saturated rings. The Bertz CT molecular complexity index is 1290. The Kier molecular flexibility index (Phi) is 16.0. The number of amidine groups is 1. The number of hydrogen-bond donors (Lipinski definition) is 7. The molecule has 2 aromatic carbocycles. The largest absolute Gasteiger partial charge is 0.617 e. The summed E-state index contributed by atoms with van der Waals surface area (Å²) in [6.45, 7) is 5.60. The molecule has 0 radical (unpaired) electrons. The van der Waals surface area contributed by atoms with Gasteiger partial charge in [0, 0.05) is 19.3 Å². The van der Waals surface area contributed by atoms with Crippen molar-refractivity contribution in [1.29, 1.82) is 5.41 Å². The first-order chi connectivity index (χ1) is 21.7. The summed E-state index contributed by atoms with van der Waals surface area (Å²) in [6, 6.07) is 9.68. The summed E-state index contributed by atoms with van der Waals surface area (Å²) in [5.74, 6) is -1.78. The van der Waals surface area contributed by atoms with Crippen molar-refractivity contribution in [2.45, 2.75) is 83.6 Å². The number of nitrogens with two attached hydrogens (primary N) is 1. The van der Waals surface area contributed by atoms with Gasteiger partial charge in [0.25, 0.3) is 0 Å². The maximum absolute atomic E-state index is 13.9. The SMILES string of the molecule is CC(=N)N[C@@H](Cc1c(C)cc(O)cc1C)C(=O)N[C@H](CC[S+](C)[O-])C(=O)N[C@@H](Cc1ccccc1)N(C)[C@@H](CCCCN)C(=O)O. The summed E-state index contributed by atoms with van der Waals surface area (Å²) in [7, 11) is 1.65. The third kappa shape index (κ3) is 12.6. The quantitative estimate of drug-likeness (QED) is 0.0387. The van der Waals surface area contributed by atoms with Crippen molar-refractivity contribution in [2.24, 2.45) is 5.73 Å². The predicted molar refractivity (Wildman–Crippen MR) is 181 cm³/mol. The van der Waals surface area contributed by atoms with Gasteiger partial charge in [-0.3, -0.25) is 24.7 Å². The molecule has 0 aliphatic carbocycles. The number of amides is 2. The molecule has 46 heavy (non-hydrogen) atoms. The minimum absolute atomic E-state index is 0.0591. The Morgan fingerprint density at radius 2 is 1.59 bits per heavy atom. The lowest BCUT2D eigenvalue weighted by Gasteiger charge is -2.35. The van der Waals surface area contributed by atoms with Gasteiger partial charge in [0.05, 0.1) is 18.3 Å². The van der Waals surface area contributed by atoms with Crippen molar-refractivity contribution >= 4 is 34.8 Å². The minimum atomic E-state index is -1.25. The Hall–Kier alpha value is -3.65. The molecule has 0 bridgehead atoms. The molecule has 254 valence electrons. The van der Waals surface area contributed by atoms with E-state index in [0.29, 0.717) is 32.2 Å². The van der Waals surface area contributed by atoms with Crippen LogP contribution in [0.5, 0.6) is 5.75 Å².